The summed E-state index contributed by atoms with van der Waals surface area (Å²) in [6.07, 6.45) is -6.44. The molecule has 304 valence electrons. The average molecular weight is 849 g/mol. The molecule has 3 aromatic carbocycles. The van der Waals surface area contributed by atoms with Crippen LogP contribution in [-0.4, -0.2) is 77.6 Å². The molecule has 0 bridgehead atoms. The number of hydrogen-bond acceptors (Lipinski definition) is 8. The minimum atomic E-state index is -5.12. The fourth-order valence-corrected chi connectivity index (χ4v) is 7.21. The first kappa shape index (κ1) is 44.0. The van der Waals surface area contributed by atoms with E-state index in [-0.39, 0.29) is 82.4 Å². The van der Waals surface area contributed by atoms with Gasteiger partial charge in [-0.1, -0.05) is 36.4 Å². The molecule has 4 heterocycles. The van der Waals surface area contributed by atoms with Gasteiger partial charge in [-0.3, -0.25) is 19.9 Å². The molecule has 1 saturated heterocycles. The molecule has 2 amide bonds. The van der Waals surface area contributed by atoms with E-state index in [1.54, 1.807) is 48.8 Å². The number of alkyl halides is 6. The van der Waals surface area contributed by atoms with E-state index in [2.05, 4.69) is 30.9 Å². The van der Waals surface area contributed by atoms with Gasteiger partial charge in [0.25, 0.3) is 5.91 Å². The van der Waals surface area contributed by atoms with Crippen LogP contribution in [0.3, 0.4) is 0 Å². The summed E-state index contributed by atoms with van der Waals surface area (Å²) in [5.74, 6) is -2.00. The predicted octanol–water partition coefficient (Wildman–Crippen LogP) is 2.38. The van der Waals surface area contributed by atoms with Crippen LogP contribution in [0.4, 0.5) is 26.3 Å². The third kappa shape index (κ3) is 10.2. The number of aromatic nitrogens is 6. The number of ether oxygens (including phenoxy) is 1. The number of nitrogens with one attached hydrogen (secondary N) is 2. The van der Waals surface area contributed by atoms with Crippen LogP contribution < -0.4 is 61.8 Å². The number of esters is 1. The largest absolute Gasteiger partial charge is 1.00 e. The Labute approximate surface area is 374 Å². The topological polar surface area (TPSA) is 169 Å². The Morgan fingerprint density at radius 1 is 0.966 bits per heavy atom. The zero-order valence-electron chi connectivity index (χ0n) is 31.4. The number of aliphatic hydroxyl groups is 1. The quantitative estimate of drug-likeness (QED) is 0.0684. The van der Waals surface area contributed by atoms with Crippen LogP contribution in [0.1, 0.15) is 57.7 Å². The van der Waals surface area contributed by atoms with Crippen molar-refractivity contribution in [1.29, 1.82) is 0 Å². The Bertz CT molecular complexity index is 2400. The minimum absolute atomic E-state index is 0. The molecule has 3 N–H and O–H groups in total. The van der Waals surface area contributed by atoms with Gasteiger partial charge in [0.2, 0.25) is 5.91 Å². The third-order valence-electron chi connectivity index (χ3n) is 10.00. The molecule has 0 radical (unpaired) electrons. The third-order valence-corrected chi connectivity index (χ3v) is 10.00. The first-order valence-corrected chi connectivity index (χ1v) is 18.2. The van der Waals surface area contributed by atoms with Crippen molar-refractivity contribution in [3.8, 4) is 0 Å². The second kappa shape index (κ2) is 18.3. The molecule has 59 heavy (non-hydrogen) atoms. The minimum Gasteiger partial charge on any atom is -0.459 e. The summed E-state index contributed by atoms with van der Waals surface area (Å²) in [6.45, 7) is -0.636. The van der Waals surface area contributed by atoms with Gasteiger partial charge >= 0.3 is 69.7 Å². The maximum absolute atomic E-state index is 14.2. The number of amides is 2. The summed E-state index contributed by atoms with van der Waals surface area (Å²) in [5.41, 5.74) is -1.45. The van der Waals surface area contributed by atoms with Crippen molar-refractivity contribution in [2.24, 2.45) is 0 Å². The number of carbonyl (C=O) groups excluding carboxylic acids is 3. The number of hydrogen-bond donors (Lipinski definition) is 3. The SMILES string of the molecule is O=C(OCc1cc(C(F)(F)F)cc(C(F)(F)F)c1)[C@H](Cc1c[nH]c2ccccc12)NC(=O)[C@H]1C[C@H](O)CN1C(=O)c1cn(CCCCc2nnn[n-]2)c2ccccc12.[K+]. The Balaban J connectivity index is 0.00000585. The summed E-state index contributed by atoms with van der Waals surface area (Å²) in [4.78, 5) is 46.2. The number of aryl methyl sites for hydroxylation is 2. The smallest absolute Gasteiger partial charge is 0.459 e. The van der Waals surface area contributed by atoms with E-state index >= 15 is 0 Å². The van der Waals surface area contributed by atoms with Crippen molar-refractivity contribution in [3.63, 3.8) is 0 Å². The molecule has 1 fully saturated rings. The first-order valence-electron chi connectivity index (χ1n) is 18.2. The molecule has 0 saturated carbocycles. The molecule has 7 rings (SSSR count). The van der Waals surface area contributed by atoms with E-state index in [1.807, 2.05) is 16.7 Å². The Kier molecular flexibility index (Phi) is 13.7. The number of unbranched alkanes of at least 4 members (excludes halogenated alkanes) is 1. The monoisotopic (exact) mass is 848 g/mol. The van der Waals surface area contributed by atoms with Crippen LogP contribution in [0.15, 0.2) is 79.1 Å². The zero-order chi connectivity index (χ0) is 41.2. The van der Waals surface area contributed by atoms with Crippen molar-refractivity contribution in [2.45, 2.75) is 75.8 Å². The number of aliphatic hydroxyl groups excluding tert-OH is 1. The summed E-state index contributed by atoms with van der Waals surface area (Å²) in [5, 5.41) is 29.3. The fraction of sp³-hybridized carbons (Fsp3) is 0.333. The number of likely N-dealkylation sites (tertiary alicyclic amines) is 1. The molecule has 3 aromatic heterocycles. The number of rotatable bonds is 13. The molecule has 20 heteroatoms. The van der Waals surface area contributed by atoms with Crippen LogP contribution in [0.25, 0.3) is 21.8 Å². The number of benzene rings is 3. The summed E-state index contributed by atoms with van der Waals surface area (Å²) < 4.78 is 88.3. The molecule has 1 aliphatic rings. The predicted molar refractivity (Wildman–Crippen MR) is 194 cm³/mol. The Morgan fingerprint density at radius 2 is 1.66 bits per heavy atom. The first-order chi connectivity index (χ1) is 27.7. The number of fused-ring (bicyclic) bond motifs is 2. The van der Waals surface area contributed by atoms with E-state index in [9.17, 15) is 45.8 Å². The van der Waals surface area contributed by atoms with Crippen molar-refractivity contribution in [2.75, 3.05) is 6.54 Å². The van der Waals surface area contributed by atoms with Gasteiger partial charge in [0, 0.05) is 66.0 Å². The second-order valence-electron chi connectivity index (χ2n) is 14.0. The van der Waals surface area contributed by atoms with Crippen molar-refractivity contribution in [1.82, 2.24) is 40.4 Å². The molecular formula is C39H35F6KN8O5. The van der Waals surface area contributed by atoms with Crippen molar-refractivity contribution in [3.05, 3.63) is 113 Å². The number of para-hydroxylation sites is 2. The van der Waals surface area contributed by atoms with E-state index in [1.165, 1.54) is 4.90 Å². The maximum atomic E-state index is 14.2. The molecule has 0 unspecified atom stereocenters. The van der Waals surface area contributed by atoms with Gasteiger partial charge in [0.05, 0.1) is 22.8 Å². The molecular weight excluding hydrogens is 814 g/mol. The number of β-amino-alcohol motifs (C(OH)–C–C–N with tert-alkyl or cyclic N) is 1. The van der Waals surface area contributed by atoms with Crippen LogP contribution in [0.2, 0.25) is 0 Å². The van der Waals surface area contributed by atoms with Crippen LogP contribution >= 0.6 is 0 Å². The molecule has 1 aliphatic heterocycles. The molecule has 6 aromatic rings. The Hall–Kier alpha value is -4.60. The molecule has 0 spiro atoms. The van der Waals surface area contributed by atoms with Gasteiger partial charge in [-0.15, -0.1) is 0 Å². The van der Waals surface area contributed by atoms with Crippen LogP contribution in [0.5, 0.6) is 0 Å². The molecule has 3 atom stereocenters. The van der Waals surface area contributed by atoms with Gasteiger partial charge in [-0.25, -0.2) is 4.79 Å². The number of nitrogens with zero attached hydrogens (tertiary/aromatic N) is 6. The van der Waals surface area contributed by atoms with E-state index in [4.69, 9.17) is 4.74 Å². The van der Waals surface area contributed by atoms with E-state index in [0.717, 1.165) is 11.9 Å². The number of aromatic amines is 1. The van der Waals surface area contributed by atoms with Gasteiger partial charge in [0.15, 0.2) is 0 Å². The zero-order valence-corrected chi connectivity index (χ0v) is 34.5. The molecule has 0 aliphatic carbocycles. The number of tetrazole rings is 1. The number of carbonyl (C=O) groups is 3. The fourth-order valence-electron chi connectivity index (χ4n) is 7.21. The van der Waals surface area contributed by atoms with Gasteiger partial charge in [0.1, 0.15) is 18.7 Å². The number of halogens is 6. The van der Waals surface area contributed by atoms with Crippen LogP contribution in [-0.2, 0) is 52.7 Å². The van der Waals surface area contributed by atoms with Gasteiger partial charge in [-0.05, 0) is 60.7 Å². The Morgan fingerprint density at radius 3 is 2.36 bits per heavy atom. The average Bonchev–Trinajstić information content (AvgIpc) is 4.01. The maximum Gasteiger partial charge on any atom is 1.00 e. The van der Waals surface area contributed by atoms with E-state index < -0.39 is 71.6 Å². The second-order valence-corrected chi connectivity index (χ2v) is 14.0. The summed E-state index contributed by atoms with van der Waals surface area (Å²) >= 11 is 0. The van der Waals surface area contributed by atoms with E-state index in [0.29, 0.717) is 59.2 Å². The van der Waals surface area contributed by atoms with Crippen LogP contribution in [0, 0.1) is 0 Å². The standard InChI is InChI=1S/C39H36F6N8O5.K/c40-38(41,42)24-13-22(14-25(16-24)39(43,44)45)21-58-37(57)31(15-23-18-46-30-9-3-1-7-27(23)30)47-35(55)33-17-26(54)19-53(33)36(56)29-20-52(32-10-4-2-8-28(29)32)12-6-5-11-34-48-50-51-49-34;/h1-4,7-10,13-14,16,18,20,26,31,33,46,54H,5-6,11-12,15,17,19,21H2,(H2,47,48,49,50,51,55);/q;+1/p-1/t26-,31-,33+;/m0./s1. The summed E-state index contributed by atoms with van der Waals surface area (Å²) in [6, 6.07) is 12.3. The van der Waals surface area contributed by atoms with Gasteiger partial charge < -0.3 is 34.7 Å². The summed E-state index contributed by atoms with van der Waals surface area (Å²) in [7, 11) is 0. The number of H-pyrrole nitrogens is 1. The van der Waals surface area contributed by atoms with Gasteiger partial charge in [-0.2, -0.15) is 31.6 Å². The van der Waals surface area contributed by atoms with Crippen molar-refractivity contribution >= 4 is 39.6 Å². The van der Waals surface area contributed by atoms with Crippen molar-refractivity contribution < 1.29 is 102 Å². The normalized spacial score (nSPS) is 16.3. The molecule has 13 nitrogen and oxygen atoms in total.